The number of carbonyl (C=O) groups is 1. The molecule has 1 fully saturated rings. The number of ether oxygens (including phenoxy) is 2. The van der Waals surface area contributed by atoms with Crippen LogP contribution in [-0.2, 0) is 22.3 Å². The third kappa shape index (κ3) is 4.03. The molecule has 4 rings (SSSR count). The third-order valence-corrected chi connectivity index (χ3v) is 5.46. The molecule has 2 aromatic rings. The summed E-state index contributed by atoms with van der Waals surface area (Å²) in [6, 6.07) is 12.0. The van der Waals surface area contributed by atoms with E-state index in [4.69, 9.17) is 9.47 Å². The second-order valence-corrected chi connectivity index (χ2v) is 8.80. The van der Waals surface area contributed by atoms with Gasteiger partial charge in [0.25, 0.3) is 0 Å². The van der Waals surface area contributed by atoms with Crippen LogP contribution in [0.15, 0.2) is 42.5 Å². The maximum Gasteiger partial charge on any atom is 0.416 e. The van der Waals surface area contributed by atoms with Crippen LogP contribution < -0.4 is 0 Å². The fourth-order valence-corrected chi connectivity index (χ4v) is 4.14. The van der Waals surface area contributed by atoms with Crippen molar-refractivity contribution in [3.05, 3.63) is 59.2 Å². The molecule has 2 aliphatic rings. The van der Waals surface area contributed by atoms with Gasteiger partial charge < -0.3 is 14.4 Å². The molecule has 7 heteroatoms. The molecule has 0 unspecified atom stereocenters. The molecule has 4 nitrogen and oxygen atoms in total. The number of halogens is 3. The average Bonchev–Trinajstić information content (AvgIpc) is 3.11. The fourth-order valence-electron chi connectivity index (χ4n) is 4.14. The number of alkyl halides is 3. The summed E-state index contributed by atoms with van der Waals surface area (Å²) in [6.45, 7) is 5.78. The summed E-state index contributed by atoms with van der Waals surface area (Å²) >= 11 is 0. The molecule has 2 aliphatic heterocycles. The van der Waals surface area contributed by atoms with E-state index in [2.05, 4.69) is 0 Å². The summed E-state index contributed by atoms with van der Waals surface area (Å²) in [5, 5.41) is 0. The highest BCUT2D eigenvalue weighted by Gasteiger charge is 2.45. The molecule has 2 heterocycles. The molecule has 1 saturated heterocycles. The molecule has 30 heavy (non-hydrogen) atoms. The van der Waals surface area contributed by atoms with Gasteiger partial charge in [-0.05, 0) is 49.1 Å². The SMILES string of the molecule is CC(C)(C)OC(=O)N1C[C@@H]2OCc3c(cc(-c4ccccc4)cc3C(F)(F)F)[C@@H]2C1. The quantitative estimate of drug-likeness (QED) is 0.604. The Labute approximate surface area is 173 Å². The van der Waals surface area contributed by atoms with Gasteiger partial charge in [-0.25, -0.2) is 4.79 Å². The minimum absolute atomic E-state index is 0.122. The molecule has 160 valence electrons. The van der Waals surface area contributed by atoms with Crippen molar-refractivity contribution < 1.29 is 27.4 Å². The Morgan fingerprint density at radius 1 is 1.07 bits per heavy atom. The van der Waals surface area contributed by atoms with E-state index in [0.29, 0.717) is 17.7 Å². The average molecular weight is 419 g/mol. The molecule has 1 amide bonds. The van der Waals surface area contributed by atoms with E-state index in [0.717, 1.165) is 5.56 Å². The standard InChI is InChI=1S/C23H24F3NO3/c1-22(2,3)30-21(28)27-11-17-16-9-15(14-7-5-4-6-8-14)10-19(23(24,25)26)18(16)13-29-20(17)12-27/h4-10,17,20H,11-13H2,1-3H3/t17-,20-/m0/s1. The number of amides is 1. The largest absolute Gasteiger partial charge is 0.444 e. The summed E-state index contributed by atoms with van der Waals surface area (Å²) < 4.78 is 52.8. The Balaban J connectivity index is 1.73. The van der Waals surface area contributed by atoms with Crippen molar-refractivity contribution in [1.82, 2.24) is 4.90 Å². The first-order chi connectivity index (χ1) is 14.0. The van der Waals surface area contributed by atoms with E-state index >= 15 is 0 Å². The maximum absolute atomic E-state index is 13.9. The number of carbonyl (C=O) groups excluding carboxylic acids is 1. The van der Waals surface area contributed by atoms with Gasteiger partial charge in [0, 0.05) is 12.5 Å². The van der Waals surface area contributed by atoms with E-state index in [1.807, 2.05) is 12.1 Å². The first kappa shape index (κ1) is 20.7. The van der Waals surface area contributed by atoms with E-state index in [1.54, 1.807) is 45.0 Å². The highest BCUT2D eigenvalue weighted by Crippen LogP contribution is 2.44. The van der Waals surface area contributed by atoms with Gasteiger partial charge in [0.05, 0.1) is 24.8 Å². The molecule has 2 atom stereocenters. The second-order valence-electron chi connectivity index (χ2n) is 8.80. The normalized spacial score (nSPS) is 21.2. The lowest BCUT2D eigenvalue weighted by Crippen LogP contribution is -2.36. The van der Waals surface area contributed by atoms with Crippen molar-refractivity contribution in [3.8, 4) is 11.1 Å². The Bertz CT molecular complexity index is 951. The number of likely N-dealkylation sites (tertiary alicyclic amines) is 1. The van der Waals surface area contributed by atoms with Crippen molar-refractivity contribution in [2.24, 2.45) is 0 Å². The molecular formula is C23H24F3NO3. The number of nitrogens with zero attached hydrogens (tertiary/aromatic N) is 1. The Morgan fingerprint density at radius 3 is 2.40 bits per heavy atom. The van der Waals surface area contributed by atoms with E-state index in [1.165, 1.54) is 11.0 Å². The number of benzene rings is 2. The van der Waals surface area contributed by atoms with Crippen LogP contribution in [0.1, 0.15) is 43.4 Å². The van der Waals surface area contributed by atoms with E-state index < -0.39 is 23.4 Å². The Kier molecular flexibility index (Phi) is 5.04. The van der Waals surface area contributed by atoms with Crippen molar-refractivity contribution in [2.45, 2.75) is 51.2 Å². The zero-order valence-electron chi connectivity index (χ0n) is 17.1. The lowest BCUT2D eigenvalue weighted by molar-refractivity contribution is -0.139. The van der Waals surface area contributed by atoms with Gasteiger partial charge in [0.15, 0.2) is 0 Å². The fraction of sp³-hybridized carbons (Fsp3) is 0.435. The lowest BCUT2D eigenvalue weighted by atomic mass is 9.84. The first-order valence-corrected chi connectivity index (χ1v) is 9.92. The first-order valence-electron chi connectivity index (χ1n) is 9.92. The van der Waals surface area contributed by atoms with Crippen LogP contribution in [0.5, 0.6) is 0 Å². The highest BCUT2D eigenvalue weighted by atomic mass is 19.4. The number of hydrogen-bond donors (Lipinski definition) is 0. The lowest BCUT2D eigenvalue weighted by Gasteiger charge is -2.30. The number of hydrogen-bond acceptors (Lipinski definition) is 3. The van der Waals surface area contributed by atoms with Crippen molar-refractivity contribution >= 4 is 6.09 Å². The molecule has 0 aliphatic carbocycles. The molecule has 0 saturated carbocycles. The van der Waals surface area contributed by atoms with Gasteiger partial charge in [-0.3, -0.25) is 0 Å². The highest BCUT2D eigenvalue weighted by molar-refractivity contribution is 5.70. The Morgan fingerprint density at radius 2 is 1.77 bits per heavy atom. The zero-order chi connectivity index (χ0) is 21.7. The Hall–Kier alpha value is -2.54. The van der Waals surface area contributed by atoms with Crippen LogP contribution in [-0.4, -0.2) is 35.8 Å². The van der Waals surface area contributed by atoms with Gasteiger partial charge in [-0.15, -0.1) is 0 Å². The molecule has 0 radical (unpaired) electrons. The maximum atomic E-state index is 13.9. The topological polar surface area (TPSA) is 38.8 Å². The van der Waals surface area contributed by atoms with Crippen LogP contribution >= 0.6 is 0 Å². The molecule has 0 bridgehead atoms. The van der Waals surface area contributed by atoms with Gasteiger partial charge >= 0.3 is 12.3 Å². The van der Waals surface area contributed by atoms with E-state index in [-0.39, 0.29) is 30.7 Å². The van der Waals surface area contributed by atoms with Crippen LogP contribution in [0.4, 0.5) is 18.0 Å². The van der Waals surface area contributed by atoms with Gasteiger partial charge in [0.2, 0.25) is 0 Å². The number of rotatable bonds is 1. The van der Waals surface area contributed by atoms with Gasteiger partial charge in [0.1, 0.15) is 5.60 Å². The predicted octanol–water partition coefficient (Wildman–Crippen LogP) is 5.61. The summed E-state index contributed by atoms with van der Waals surface area (Å²) in [7, 11) is 0. The van der Waals surface area contributed by atoms with Crippen LogP contribution in [0, 0.1) is 0 Å². The smallest absolute Gasteiger partial charge is 0.416 e. The summed E-state index contributed by atoms with van der Waals surface area (Å²) in [6.07, 6.45) is -5.32. The molecule has 2 aromatic carbocycles. The van der Waals surface area contributed by atoms with Crippen LogP contribution in [0.3, 0.4) is 0 Å². The molecular weight excluding hydrogens is 395 g/mol. The van der Waals surface area contributed by atoms with Crippen molar-refractivity contribution in [1.29, 1.82) is 0 Å². The number of fused-ring (bicyclic) bond motifs is 3. The summed E-state index contributed by atoms with van der Waals surface area (Å²) in [5.41, 5.74) is 0.676. The summed E-state index contributed by atoms with van der Waals surface area (Å²) in [4.78, 5) is 14.0. The van der Waals surface area contributed by atoms with Gasteiger partial charge in [-0.1, -0.05) is 36.4 Å². The van der Waals surface area contributed by atoms with E-state index in [9.17, 15) is 18.0 Å². The minimum atomic E-state index is -4.49. The van der Waals surface area contributed by atoms with Gasteiger partial charge in [-0.2, -0.15) is 13.2 Å². The van der Waals surface area contributed by atoms with Crippen LogP contribution in [0.2, 0.25) is 0 Å². The monoisotopic (exact) mass is 419 g/mol. The zero-order valence-corrected chi connectivity index (χ0v) is 17.1. The summed E-state index contributed by atoms with van der Waals surface area (Å²) in [5.74, 6) is -0.328. The molecule has 0 N–H and O–H groups in total. The molecule has 0 spiro atoms. The van der Waals surface area contributed by atoms with Crippen LogP contribution in [0.25, 0.3) is 11.1 Å². The third-order valence-electron chi connectivity index (χ3n) is 5.46. The predicted molar refractivity (Wildman–Crippen MR) is 106 cm³/mol. The minimum Gasteiger partial charge on any atom is -0.444 e. The van der Waals surface area contributed by atoms with Crippen molar-refractivity contribution in [2.75, 3.05) is 13.1 Å². The second kappa shape index (κ2) is 7.30. The van der Waals surface area contributed by atoms with Crippen molar-refractivity contribution in [3.63, 3.8) is 0 Å². The molecule has 0 aromatic heterocycles.